The van der Waals surface area contributed by atoms with Gasteiger partial charge in [-0.3, -0.25) is 0 Å². The van der Waals surface area contributed by atoms with Crippen molar-refractivity contribution < 1.29 is 5.11 Å². The molecule has 1 N–H and O–H groups in total. The van der Waals surface area contributed by atoms with E-state index in [0.29, 0.717) is 5.75 Å². The van der Waals surface area contributed by atoms with E-state index in [-0.39, 0.29) is 0 Å². The first-order chi connectivity index (χ1) is 8.84. The second-order valence-corrected chi connectivity index (χ2v) is 5.49. The molecule has 1 nitrogen and oxygen atoms in total. The fourth-order valence-electron chi connectivity index (χ4n) is 2.57. The Balaban J connectivity index is 2.22. The van der Waals surface area contributed by atoms with E-state index in [1.807, 2.05) is 18.2 Å². The van der Waals surface area contributed by atoms with Gasteiger partial charge in [0.15, 0.2) is 0 Å². The van der Waals surface area contributed by atoms with Crippen LogP contribution in [0.2, 0.25) is 0 Å². The van der Waals surface area contributed by atoms with Crippen LogP contribution in [0.5, 0.6) is 5.75 Å². The Bertz CT molecular complexity index is 777. The average Bonchev–Trinajstić information content (AvgIpc) is 2.43. The lowest BCUT2D eigenvalue weighted by Crippen LogP contribution is -1.92. The van der Waals surface area contributed by atoms with Crippen molar-refractivity contribution in [1.82, 2.24) is 0 Å². The van der Waals surface area contributed by atoms with Crippen LogP contribution in [-0.2, 0) is 0 Å². The molecule has 18 heavy (non-hydrogen) atoms. The first-order valence-electron chi connectivity index (χ1n) is 5.86. The molecular weight excluding hydrogens is 240 g/mol. The minimum Gasteiger partial charge on any atom is -0.507 e. The third kappa shape index (κ3) is 1.24. The zero-order chi connectivity index (χ0) is 12.1. The van der Waals surface area contributed by atoms with Gasteiger partial charge >= 0.3 is 0 Å². The Labute approximate surface area is 109 Å². The Morgan fingerprint density at radius 2 is 1.56 bits per heavy atom. The summed E-state index contributed by atoms with van der Waals surface area (Å²) >= 11 is 1.77. The summed E-state index contributed by atoms with van der Waals surface area (Å²) in [7, 11) is 0. The predicted molar refractivity (Wildman–Crippen MR) is 75.2 cm³/mol. The molecule has 0 unspecified atom stereocenters. The molecule has 0 aromatic heterocycles. The maximum Gasteiger partial charge on any atom is 0.123 e. The average molecular weight is 250 g/mol. The van der Waals surface area contributed by atoms with Gasteiger partial charge in [-0.15, -0.1) is 0 Å². The van der Waals surface area contributed by atoms with Gasteiger partial charge in [0.1, 0.15) is 5.75 Å². The number of benzene rings is 3. The highest BCUT2D eigenvalue weighted by atomic mass is 32.2. The van der Waals surface area contributed by atoms with Crippen LogP contribution in [0.25, 0.3) is 21.9 Å². The summed E-state index contributed by atoms with van der Waals surface area (Å²) in [4.78, 5) is 2.50. The fraction of sp³-hybridized carbons (Fsp3) is 0. The van der Waals surface area contributed by atoms with Crippen LogP contribution >= 0.6 is 11.8 Å². The Morgan fingerprint density at radius 1 is 0.722 bits per heavy atom. The molecular formula is C16H10OS. The lowest BCUT2D eigenvalue weighted by Gasteiger charge is -2.20. The van der Waals surface area contributed by atoms with Crippen LogP contribution in [0.15, 0.2) is 64.4 Å². The first-order valence-corrected chi connectivity index (χ1v) is 6.68. The maximum absolute atomic E-state index is 9.98. The normalized spacial score (nSPS) is 12.4. The number of hydrogen-bond acceptors (Lipinski definition) is 2. The zero-order valence-corrected chi connectivity index (χ0v) is 10.4. The minimum absolute atomic E-state index is 0.357. The first kappa shape index (κ1) is 10.0. The second kappa shape index (κ2) is 3.53. The number of hydrogen-bond donors (Lipinski definition) is 1. The molecule has 0 atom stereocenters. The van der Waals surface area contributed by atoms with Gasteiger partial charge in [-0.1, -0.05) is 48.2 Å². The SMILES string of the molecule is Oc1ccc2c3c(cccc13)-c1ccccc1S2. The molecule has 0 aliphatic carbocycles. The largest absolute Gasteiger partial charge is 0.507 e. The smallest absolute Gasteiger partial charge is 0.123 e. The maximum atomic E-state index is 9.98. The molecule has 1 aliphatic heterocycles. The third-order valence-corrected chi connectivity index (χ3v) is 4.51. The number of phenolic OH excluding ortho intramolecular Hbond substituents is 1. The lowest BCUT2D eigenvalue weighted by molar-refractivity contribution is 0.481. The van der Waals surface area contributed by atoms with Gasteiger partial charge in [0.25, 0.3) is 0 Å². The topological polar surface area (TPSA) is 20.2 Å². The molecule has 1 aliphatic rings. The zero-order valence-electron chi connectivity index (χ0n) is 9.55. The summed E-state index contributed by atoms with van der Waals surface area (Å²) < 4.78 is 0. The number of aromatic hydroxyl groups is 1. The number of fused-ring (bicyclic) bond motifs is 2. The quantitative estimate of drug-likeness (QED) is 0.489. The molecule has 0 fully saturated rings. The molecule has 0 radical (unpaired) electrons. The summed E-state index contributed by atoms with van der Waals surface area (Å²) in [5.74, 6) is 0.357. The molecule has 0 saturated heterocycles. The van der Waals surface area contributed by atoms with Crippen LogP contribution in [0.3, 0.4) is 0 Å². The van der Waals surface area contributed by atoms with Crippen LogP contribution in [0.4, 0.5) is 0 Å². The fourth-order valence-corrected chi connectivity index (χ4v) is 3.69. The summed E-state index contributed by atoms with van der Waals surface area (Å²) in [6.45, 7) is 0. The highest BCUT2D eigenvalue weighted by Gasteiger charge is 2.19. The molecule has 0 amide bonds. The van der Waals surface area contributed by atoms with Crippen LogP contribution in [0, 0.1) is 0 Å². The van der Waals surface area contributed by atoms with Crippen LogP contribution in [-0.4, -0.2) is 5.11 Å². The summed E-state index contributed by atoms with van der Waals surface area (Å²) in [5, 5.41) is 12.1. The number of phenols is 1. The van der Waals surface area contributed by atoms with Gasteiger partial charge in [-0.05, 0) is 29.3 Å². The van der Waals surface area contributed by atoms with Crippen molar-refractivity contribution in [3.05, 3.63) is 54.6 Å². The highest BCUT2D eigenvalue weighted by molar-refractivity contribution is 7.99. The molecule has 0 saturated carbocycles. The summed E-state index contributed by atoms with van der Waals surface area (Å²) in [5.41, 5.74) is 2.47. The third-order valence-electron chi connectivity index (χ3n) is 3.38. The van der Waals surface area contributed by atoms with E-state index in [0.717, 1.165) is 5.39 Å². The van der Waals surface area contributed by atoms with Gasteiger partial charge in [0.2, 0.25) is 0 Å². The van der Waals surface area contributed by atoms with Crippen molar-refractivity contribution in [2.75, 3.05) is 0 Å². The van der Waals surface area contributed by atoms with E-state index in [1.54, 1.807) is 17.8 Å². The Kier molecular flexibility index (Phi) is 1.97. The van der Waals surface area contributed by atoms with E-state index < -0.39 is 0 Å². The van der Waals surface area contributed by atoms with Gasteiger partial charge in [-0.2, -0.15) is 0 Å². The van der Waals surface area contributed by atoms with Crippen molar-refractivity contribution in [2.45, 2.75) is 9.79 Å². The molecule has 86 valence electrons. The van der Waals surface area contributed by atoms with Crippen LogP contribution in [0.1, 0.15) is 0 Å². The van der Waals surface area contributed by atoms with Gasteiger partial charge in [0, 0.05) is 20.6 Å². The molecule has 3 aromatic rings. The van der Waals surface area contributed by atoms with E-state index >= 15 is 0 Å². The monoisotopic (exact) mass is 250 g/mol. The van der Waals surface area contributed by atoms with E-state index in [9.17, 15) is 5.11 Å². The highest BCUT2D eigenvalue weighted by Crippen LogP contribution is 2.49. The summed E-state index contributed by atoms with van der Waals surface area (Å²) in [6.07, 6.45) is 0. The molecule has 3 aromatic carbocycles. The van der Waals surface area contributed by atoms with Gasteiger partial charge < -0.3 is 5.11 Å². The lowest BCUT2D eigenvalue weighted by atomic mass is 9.97. The van der Waals surface area contributed by atoms with Crippen molar-refractivity contribution >= 4 is 22.5 Å². The van der Waals surface area contributed by atoms with Crippen molar-refractivity contribution in [3.8, 4) is 16.9 Å². The molecule has 4 rings (SSSR count). The van der Waals surface area contributed by atoms with Crippen molar-refractivity contribution in [2.24, 2.45) is 0 Å². The summed E-state index contributed by atoms with van der Waals surface area (Å²) in [6, 6.07) is 18.3. The molecule has 2 heteroatoms. The predicted octanol–water partition coefficient (Wildman–Crippen LogP) is 4.68. The van der Waals surface area contributed by atoms with Crippen LogP contribution < -0.4 is 0 Å². The van der Waals surface area contributed by atoms with E-state index in [1.165, 1.54) is 26.3 Å². The van der Waals surface area contributed by atoms with Crippen molar-refractivity contribution in [3.63, 3.8) is 0 Å². The van der Waals surface area contributed by atoms with Gasteiger partial charge in [-0.25, -0.2) is 0 Å². The minimum atomic E-state index is 0.357. The Hall–Kier alpha value is -1.93. The number of rotatable bonds is 0. The molecule has 0 bridgehead atoms. The van der Waals surface area contributed by atoms with Crippen molar-refractivity contribution in [1.29, 1.82) is 0 Å². The van der Waals surface area contributed by atoms with Gasteiger partial charge in [0.05, 0.1) is 0 Å². The molecule has 1 heterocycles. The van der Waals surface area contributed by atoms with E-state index in [4.69, 9.17) is 0 Å². The second-order valence-electron chi connectivity index (χ2n) is 4.41. The van der Waals surface area contributed by atoms with E-state index in [2.05, 4.69) is 30.3 Å². The molecule has 0 spiro atoms. The Morgan fingerprint density at radius 3 is 2.50 bits per heavy atom. The standard InChI is InChI=1S/C16H10OS/c17-13-8-9-15-16-11(5-3-6-12(13)16)10-4-1-2-7-14(10)18-15/h1-9,17H.